The molecular weight excluding hydrogens is 349 g/mol. The van der Waals surface area contributed by atoms with Crippen LogP contribution in [-0.4, -0.2) is 26.6 Å². The minimum absolute atomic E-state index is 0.00512. The average molecular weight is 364 g/mol. The highest BCUT2D eigenvalue weighted by molar-refractivity contribution is 6.01. The van der Waals surface area contributed by atoms with Crippen LogP contribution in [0.1, 0.15) is 56.3 Å². The number of rotatable bonds is 3. The van der Waals surface area contributed by atoms with E-state index in [1.54, 1.807) is 6.92 Å². The van der Waals surface area contributed by atoms with E-state index < -0.39 is 29.0 Å². The van der Waals surface area contributed by atoms with E-state index in [1.807, 2.05) is 0 Å². The number of hydrogen-bond donors (Lipinski definition) is 1. The fraction of sp³-hybridized carbons (Fsp3) is 0.353. The van der Waals surface area contributed by atoms with Crippen molar-refractivity contribution in [3.05, 3.63) is 52.4 Å². The molecule has 0 unspecified atom stereocenters. The van der Waals surface area contributed by atoms with Crippen molar-refractivity contribution >= 4 is 11.7 Å². The first-order valence-electron chi connectivity index (χ1n) is 7.95. The van der Waals surface area contributed by atoms with Gasteiger partial charge in [0, 0.05) is 12.6 Å². The summed E-state index contributed by atoms with van der Waals surface area (Å²) in [7, 11) is 0. The van der Waals surface area contributed by atoms with E-state index in [4.69, 9.17) is 0 Å². The molecule has 0 aromatic carbocycles. The predicted octanol–water partition coefficient (Wildman–Crippen LogP) is 2.65. The highest BCUT2D eigenvalue weighted by Gasteiger charge is 2.39. The molecule has 2 heterocycles. The second-order valence-electron chi connectivity index (χ2n) is 5.98. The maximum atomic E-state index is 13.4. The Morgan fingerprint density at radius 1 is 1.23 bits per heavy atom. The quantitative estimate of drug-likeness (QED) is 0.905. The van der Waals surface area contributed by atoms with Crippen molar-refractivity contribution in [1.29, 1.82) is 0 Å². The number of nitrogens with zero attached hydrogens (tertiary/aromatic N) is 3. The summed E-state index contributed by atoms with van der Waals surface area (Å²) in [5.41, 5.74) is -0.691. The Morgan fingerprint density at radius 2 is 2.00 bits per heavy atom. The maximum Gasteiger partial charge on any atom is 0.417 e. The third-order valence-electron chi connectivity index (χ3n) is 3.99. The van der Waals surface area contributed by atoms with Crippen LogP contribution in [-0.2, 0) is 19.1 Å². The molecule has 136 valence electrons. The number of ketones is 1. The van der Waals surface area contributed by atoms with Gasteiger partial charge >= 0.3 is 6.18 Å². The fourth-order valence-electron chi connectivity index (χ4n) is 2.74. The van der Waals surface area contributed by atoms with Crippen LogP contribution in [0.25, 0.3) is 0 Å². The van der Waals surface area contributed by atoms with Crippen molar-refractivity contribution in [3.8, 4) is 0 Å². The van der Waals surface area contributed by atoms with Crippen molar-refractivity contribution in [3.63, 3.8) is 0 Å². The van der Waals surface area contributed by atoms with Gasteiger partial charge < -0.3 is 5.32 Å². The molecule has 0 radical (unpaired) electrons. The number of amides is 1. The Labute approximate surface area is 146 Å². The zero-order valence-electron chi connectivity index (χ0n) is 13.9. The van der Waals surface area contributed by atoms with Crippen LogP contribution in [0.3, 0.4) is 0 Å². The van der Waals surface area contributed by atoms with E-state index in [2.05, 4.69) is 20.3 Å². The lowest BCUT2D eigenvalue weighted by Gasteiger charge is -2.20. The van der Waals surface area contributed by atoms with Crippen molar-refractivity contribution in [2.75, 3.05) is 0 Å². The van der Waals surface area contributed by atoms with Crippen LogP contribution in [0.15, 0.2) is 18.5 Å². The molecular formula is C17H15F3N4O2. The number of Topliss-reactive ketones (excluding diaryl/α,β-unsaturated/α-hetero) is 1. The summed E-state index contributed by atoms with van der Waals surface area (Å²) in [6, 6.07) is 0.637. The highest BCUT2D eigenvalue weighted by Crippen LogP contribution is 2.36. The summed E-state index contributed by atoms with van der Waals surface area (Å²) in [5.74, 6) is -1.35. The van der Waals surface area contributed by atoms with Gasteiger partial charge in [-0.1, -0.05) is 0 Å². The molecule has 26 heavy (non-hydrogen) atoms. The van der Waals surface area contributed by atoms with Gasteiger partial charge in [0.15, 0.2) is 5.78 Å². The molecule has 0 bridgehead atoms. The van der Waals surface area contributed by atoms with Crippen molar-refractivity contribution in [2.45, 2.75) is 38.9 Å². The van der Waals surface area contributed by atoms with Crippen molar-refractivity contribution < 1.29 is 22.8 Å². The lowest BCUT2D eigenvalue weighted by atomic mass is 9.90. The van der Waals surface area contributed by atoms with E-state index >= 15 is 0 Å². The summed E-state index contributed by atoms with van der Waals surface area (Å²) in [4.78, 5) is 36.3. The SMILES string of the molecule is Cc1cnc(CNC(=O)c2cc(C(F)(F)F)c3c(n2)CCCC3=O)cn1. The number of hydrogen-bond acceptors (Lipinski definition) is 5. The number of carbonyl (C=O) groups excluding carboxylic acids is 2. The summed E-state index contributed by atoms with van der Waals surface area (Å²) < 4.78 is 40.1. The lowest BCUT2D eigenvalue weighted by molar-refractivity contribution is -0.138. The summed E-state index contributed by atoms with van der Waals surface area (Å²) in [6.45, 7) is 1.76. The van der Waals surface area contributed by atoms with Crippen LogP contribution >= 0.6 is 0 Å². The van der Waals surface area contributed by atoms with Gasteiger partial charge in [0.05, 0.1) is 41.0 Å². The van der Waals surface area contributed by atoms with Crippen molar-refractivity contribution in [2.24, 2.45) is 0 Å². The van der Waals surface area contributed by atoms with Gasteiger partial charge in [-0.3, -0.25) is 19.6 Å². The van der Waals surface area contributed by atoms with Gasteiger partial charge in [-0.25, -0.2) is 4.98 Å². The molecule has 0 saturated heterocycles. The molecule has 1 N–H and O–H groups in total. The van der Waals surface area contributed by atoms with E-state index in [0.717, 1.165) is 0 Å². The van der Waals surface area contributed by atoms with Gasteiger partial charge in [0.2, 0.25) is 0 Å². The molecule has 6 nitrogen and oxygen atoms in total. The lowest BCUT2D eigenvalue weighted by Crippen LogP contribution is -2.28. The Balaban J connectivity index is 1.88. The number of halogens is 3. The van der Waals surface area contributed by atoms with Gasteiger partial charge in [0.1, 0.15) is 5.69 Å². The summed E-state index contributed by atoms with van der Waals surface area (Å²) in [6.07, 6.45) is -1.05. The molecule has 1 aliphatic carbocycles. The summed E-state index contributed by atoms with van der Waals surface area (Å²) in [5, 5.41) is 2.48. The van der Waals surface area contributed by atoms with Gasteiger partial charge in [-0.05, 0) is 25.8 Å². The van der Waals surface area contributed by atoms with E-state index in [-0.39, 0.29) is 30.8 Å². The topological polar surface area (TPSA) is 84.8 Å². The van der Waals surface area contributed by atoms with Crippen LogP contribution in [0, 0.1) is 6.92 Å². The highest BCUT2D eigenvalue weighted by atomic mass is 19.4. The van der Waals surface area contributed by atoms with E-state index in [1.165, 1.54) is 12.4 Å². The third kappa shape index (κ3) is 3.71. The Hall–Kier alpha value is -2.84. The number of pyridine rings is 1. The second-order valence-corrected chi connectivity index (χ2v) is 5.98. The number of aryl methyl sites for hydroxylation is 2. The maximum absolute atomic E-state index is 13.4. The van der Waals surface area contributed by atoms with Crippen LogP contribution in [0.4, 0.5) is 13.2 Å². The molecule has 1 aliphatic rings. The fourth-order valence-corrected chi connectivity index (χ4v) is 2.74. The molecule has 0 atom stereocenters. The Morgan fingerprint density at radius 3 is 2.65 bits per heavy atom. The largest absolute Gasteiger partial charge is 0.417 e. The number of fused-ring (bicyclic) bond motifs is 1. The monoisotopic (exact) mass is 364 g/mol. The number of nitrogens with one attached hydrogen (secondary N) is 1. The Kier molecular flexibility index (Phi) is 4.71. The van der Waals surface area contributed by atoms with Crippen LogP contribution < -0.4 is 5.32 Å². The van der Waals surface area contributed by atoms with Crippen LogP contribution in [0.5, 0.6) is 0 Å². The minimum atomic E-state index is -4.74. The summed E-state index contributed by atoms with van der Waals surface area (Å²) >= 11 is 0. The molecule has 0 saturated carbocycles. The molecule has 3 rings (SSSR count). The molecule has 2 aromatic heterocycles. The van der Waals surface area contributed by atoms with Gasteiger partial charge in [-0.15, -0.1) is 0 Å². The molecule has 2 aromatic rings. The van der Waals surface area contributed by atoms with Crippen LogP contribution in [0.2, 0.25) is 0 Å². The van der Waals surface area contributed by atoms with E-state index in [9.17, 15) is 22.8 Å². The predicted molar refractivity (Wildman–Crippen MR) is 84.4 cm³/mol. The third-order valence-corrected chi connectivity index (χ3v) is 3.99. The molecule has 0 spiro atoms. The smallest absolute Gasteiger partial charge is 0.345 e. The second kappa shape index (κ2) is 6.81. The molecule has 9 heteroatoms. The molecule has 0 fully saturated rings. The molecule has 1 amide bonds. The number of aromatic nitrogens is 3. The van der Waals surface area contributed by atoms with Gasteiger partial charge in [0.25, 0.3) is 5.91 Å². The van der Waals surface area contributed by atoms with Gasteiger partial charge in [-0.2, -0.15) is 13.2 Å². The van der Waals surface area contributed by atoms with E-state index in [0.29, 0.717) is 23.9 Å². The van der Waals surface area contributed by atoms with Crippen molar-refractivity contribution in [1.82, 2.24) is 20.3 Å². The standard InChI is InChI=1S/C17H15F3N4O2/c1-9-6-22-10(7-21-9)8-23-16(26)13-5-11(17(18,19)20)15-12(24-13)3-2-4-14(15)25/h5-7H,2-4,8H2,1H3,(H,23,26). The first-order chi connectivity index (χ1) is 12.3. The molecule has 0 aliphatic heterocycles. The Bertz CT molecular complexity index is 864. The normalized spacial score (nSPS) is 14.1. The number of carbonyl (C=O) groups is 2. The zero-order valence-corrected chi connectivity index (χ0v) is 13.9. The first-order valence-corrected chi connectivity index (χ1v) is 7.95. The minimum Gasteiger partial charge on any atom is -0.345 e. The first kappa shape index (κ1) is 18.0. The number of alkyl halides is 3. The average Bonchev–Trinajstić information content (AvgIpc) is 2.59. The zero-order chi connectivity index (χ0) is 18.9.